The molecule has 0 radical (unpaired) electrons. The summed E-state index contributed by atoms with van der Waals surface area (Å²) in [6, 6.07) is 72.8. The molecule has 4 aliphatic rings. The number of aromatic amines is 1. The van der Waals surface area contributed by atoms with Gasteiger partial charge in [0, 0.05) is 74.6 Å². The first-order valence-corrected chi connectivity index (χ1v) is 40.5. The van der Waals surface area contributed by atoms with Gasteiger partial charge in [-0.05, 0) is 81.1 Å². The number of aryl methyl sites for hydroxylation is 8. The number of nitrogens with zero attached hydrogens (tertiary/aromatic N) is 7. The Balaban J connectivity index is 0.000000168. The molecule has 0 aliphatic heterocycles. The molecule has 0 amide bonds. The van der Waals surface area contributed by atoms with E-state index in [1.54, 1.807) is 83.7 Å². The molecule has 4 aromatic heterocycles. The Labute approximate surface area is 715 Å². The Morgan fingerprint density at radius 1 is 0.336 bits per heavy atom. The lowest BCUT2D eigenvalue weighted by Crippen LogP contribution is -3.00. The van der Waals surface area contributed by atoms with E-state index < -0.39 is 0 Å². The van der Waals surface area contributed by atoms with Gasteiger partial charge in [0.25, 0.3) is 0 Å². The summed E-state index contributed by atoms with van der Waals surface area (Å²) in [7, 11) is 0. The minimum absolute atomic E-state index is 0. The third-order valence-corrected chi connectivity index (χ3v) is 21.5. The number of rotatable bonds is 17. The van der Waals surface area contributed by atoms with Crippen molar-refractivity contribution in [2.24, 2.45) is 0 Å². The van der Waals surface area contributed by atoms with Crippen molar-refractivity contribution in [3.63, 3.8) is 0 Å². The van der Waals surface area contributed by atoms with Gasteiger partial charge in [0.05, 0.1) is 38.8 Å². The second-order valence-corrected chi connectivity index (χ2v) is 29.4. The van der Waals surface area contributed by atoms with E-state index in [2.05, 4.69) is 171 Å². The SMILES string of the molecule is BrCCc1ccc2ccccc2c1.C.C.CCCBr.CCCC[n+]1cn(CCc2ccc3ccccc3c2)c2c1C(=O)c1ccccc1C2=O.CCCC[n+]1cn(CCc2ccc3ccccc3c2)c2c1C(=O)c1ccccc1C2=O.CCCn1cnc2c1C(=O)c1ccccc1C2=O.O=C1c2ccccc2C(=O)c2[nH]cnc21.[Br-].[Br-]. The van der Waals surface area contributed by atoms with Gasteiger partial charge in [-0.25, -0.2) is 28.2 Å². The lowest BCUT2D eigenvalue weighted by molar-refractivity contribution is -0.698. The number of fused-ring (bicyclic) bond motifs is 11. The number of carbonyl (C=O) groups excluding carboxylic acids is 8. The largest absolute Gasteiger partial charge is 1.00 e. The Hall–Kier alpha value is -10.9. The molecule has 14 aromatic rings. The Morgan fingerprint density at radius 3 is 1.04 bits per heavy atom. The molecule has 20 heteroatoms. The number of alkyl halides is 2. The van der Waals surface area contributed by atoms with Crippen LogP contribution in [-0.4, -0.2) is 85.6 Å². The van der Waals surface area contributed by atoms with Gasteiger partial charge in [-0.2, -0.15) is 0 Å². The lowest BCUT2D eigenvalue weighted by Gasteiger charge is -2.15. The summed E-state index contributed by atoms with van der Waals surface area (Å²) in [4.78, 5) is 112. The molecule has 4 aliphatic carbocycles. The number of halogens is 4. The second kappa shape index (κ2) is 41.6. The predicted molar refractivity (Wildman–Crippen MR) is 458 cm³/mol. The van der Waals surface area contributed by atoms with Gasteiger partial charge in [0.1, 0.15) is 22.8 Å². The fourth-order valence-corrected chi connectivity index (χ4v) is 15.0. The molecule has 594 valence electrons. The highest BCUT2D eigenvalue weighted by atomic mass is 79.9. The van der Waals surface area contributed by atoms with E-state index in [0.29, 0.717) is 98.3 Å². The van der Waals surface area contributed by atoms with E-state index in [4.69, 9.17) is 0 Å². The van der Waals surface area contributed by atoms with Crippen LogP contribution >= 0.6 is 31.9 Å². The summed E-state index contributed by atoms with van der Waals surface area (Å²) in [6.45, 7) is 11.9. The number of carbonyl (C=O) groups is 8. The second-order valence-electron chi connectivity index (χ2n) is 27.9. The Bertz CT molecular complexity index is 5670. The molecule has 0 atom stereocenters. The van der Waals surface area contributed by atoms with Crippen LogP contribution in [0.25, 0.3) is 32.3 Å². The standard InChI is InChI=1S/2C27H25N2O2.C14H12N2O2.C12H11Br.C11H6N2O2.C3H7Br.2CH4.2BrH/c2*1-2-3-15-28-18-29(16-14-19-12-13-20-8-4-5-9-21(20)17-19)25-24(28)26(30)22-10-6-7-11-23(22)27(25)31;1-2-7-16-8-15-11-12(16)14(18)10-6-4-3-5-9(10)13(11)17;13-8-7-10-5-6-11-3-1-2-4-12(11)9-10;14-10-6-3-1-2-4-7(6)11(15)9-8(10)12-5-13-9;1-2-3-4;;;;/h2*4-13,17-18H,2-3,14-16H2,1H3;3-6,8H,2,7H2,1H3;1-6,9H,7-8H2;1-5H,(H,12,13);2-3H2,1H3;2*1H4;2*1H/q2*+1;;;;;;;;/p-2. The molecule has 0 fully saturated rings. The topological polar surface area (TPSA) is 201 Å². The summed E-state index contributed by atoms with van der Waals surface area (Å²) in [6.07, 6.45) is 15.7. The Kier molecular flexibility index (Phi) is 31.9. The van der Waals surface area contributed by atoms with Gasteiger partial charge >= 0.3 is 0 Å². The molecule has 18 rings (SSSR count). The van der Waals surface area contributed by atoms with Crippen LogP contribution in [0.15, 0.2) is 250 Å². The monoisotopic (exact) mass is 1800 g/mol. The smallest absolute Gasteiger partial charge is 0.244 e. The van der Waals surface area contributed by atoms with Gasteiger partial charge in [0.15, 0.2) is 0 Å². The molecule has 116 heavy (non-hydrogen) atoms. The van der Waals surface area contributed by atoms with Crippen LogP contribution in [-0.2, 0) is 52.0 Å². The van der Waals surface area contributed by atoms with E-state index in [9.17, 15) is 38.4 Å². The highest BCUT2D eigenvalue weighted by Gasteiger charge is 2.43. The summed E-state index contributed by atoms with van der Waals surface area (Å²) < 4.78 is 9.70. The molecule has 10 aromatic carbocycles. The average Bonchev–Trinajstić information content (AvgIpc) is 1.57. The van der Waals surface area contributed by atoms with Crippen LogP contribution in [0.1, 0.15) is 226 Å². The van der Waals surface area contributed by atoms with E-state index in [1.165, 1.54) is 61.8 Å². The first kappa shape index (κ1) is 89.0. The zero-order valence-electron chi connectivity index (χ0n) is 63.9. The third-order valence-electron chi connectivity index (χ3n) is 20.3. The number of benzene rings is 10. The molecule has 1 N–H and O–H groups in total. The van der Waals surface area contributed by atoms with Crippen LogP contribution in [0.5, 0.6) is 0 Å². The minimum Gasteiger partial charge on any atom is -1.00 e. The zero-order chi connectivity index (χ0) is 78.4. The molecule has 0 saturated heterocycles. The summed E-state index contributed by atoms with van der Waals surface area (Å²) in [5.74, 6) is -0.838. The fraction of sp³-hybridized carbons (Fsp3) is 0.229. The number of unbranched alkanes of at least 4 members (excludes halogenated alkanes) is 2. The van der Waals surface area contributed by atoms with Crippen LogP contribution in [0.2, 0.25) is 0 Å². The summed E-state index contributed by atoms with van der Waals surface area (Å²) in [5, 5.41) is 9.69. The van der Waals surface area contributed by atoms with E-state index in [-0.39, 0.29) is 106 Å². The maximum absolute atomic E-state index is 13.4. The van der Waals surface area contributed by atoms with E-state index >= 15 is 0 Å². The molecular formula is C96H94Br4N8O8. The fourth-order valence-electron chi connectivity index (χ4n) is 14.6. The van der Waals surface area contributed by atoms with Crippen molar-refractivity contribution in [1.82, 2.24) is 28.7 Å². The quantitative estimate of drug-likeness (QED) is 0.0675. The van der Waals surface area contributed by atoms with Crippen molar-refractivity contribution in [2.75, 3.05) is 10.7 Å². The maximum Gasteiger partial charge on any atom is 0.244 e. The predicted octanol–water partition coefficient (Wildman–Crippen LogP) is 13.6. The number of imidazole rings is 4. The molecular weight excluding hydrogens is 1710 g/mol. The number of nitrogens with one attached hydrogen (secondary N) is 1. The minimum atomic E-state index is -0.193. The van der Waals surface area contributed by atoms with Gasteiger partial charge in [-0.3, -0.25) is 38.4 Å². The van der Waals surface area contributed by atoms with Crippen molar-refractivity contribution in [2.45, 2.75) is 133 Å². The van der Waals surface area contributed by atoms with E-state index in [1.807, 2.05) is 86.4 Å². The maximum atomic E-state index is 13.4. The van der Waals surface area contributed by atoms with Crippen molar-refractivity contribution in [1.29, 1.82) is 0 Å². The Morgan fingerprint density at radius 2 is 0.672 bits per heavy atom. The van der Waals surface area contributed by atoms with Crippen molar-refractivity contribution in [3.05, 3.63) is 357 Å². The first-order valence-electron chi connectivity index (χ1n) is 38.3. The number of hydrogen-bond acceptors (Lipinski definition) is 10. The normalized spacial score (nSPS) is 12.1. The van der Waals surface area contributed by atoms with Crippen molar-refractivity contribution < 1.29 is 81.5 Å². The molecule has 0 spiro atoms. The number of ketones is 8. The lowest BCUT2D eigenvalue weighted by atomic mass is 9.90. The van der Waals surface area contributed by atoms with Crippen molar-refractivity contribution in [3.8, 4) is 0 Å². The van der Waals surface area contributed by atoms with Crippen LogP contribution < -0.4 is 43.1 Å². The van der Waals surface area contributed by atoms with E-state index in [0.717, 1.165) is 75.1 Å². The van der Waals surface area contributed by atoms with Crippen LogP contribution in [0.4, 0.5) is 0 Å². The molecule has 4 heterocycles. The van der Waals surface area contributed by atoms with Crippen LogP contribution in [0, 0.1) is 0 Å². The zero-order valence-corrected chi connectivity index (χ0v) is 70.2. The molecule has 0 unspecified atom stereocenters. The van der Waals surface area contributed by atoms with Gasteiger partial charge in [-0.15, -0.1) is 0 Å². The van der Waals surface area contributed by atoms with Crippen LogP contribution in [0.3, 0.4) is 0 Å². The molecule has 0 saturated carbocycles. The van der Waals surface area contributed by atoms with Crippen molar-refractivity contribution >= 4 is 110 Å². The van der Waals surface area contributed by atoms with Gasteiger partial charge < -0.3 is 43.5 Å². The summed E-state index contributed by atoms with van der Waals surface area (Å²) in [5.41, 5.74) is 11.0. The first-order chi connectivity index (χ1) is 54.7. The average molecular weight is 1810 g/mol. The van der Waals surface area contributed by atoms with Gasteiger partial charge in [0.2, 0.25) is 81.7 Å². The highest BCUT2D eigenvalue weighted by molar-refractivity contribution is 9.09. The highest BCUT2D eigenvalue weighted by Crippen LogP contribution is 2.32. The summed E-state index contributed by atoms with van der Waals surface area (Å²) >= 11 is 6.70. The number of hydrogen-bond donors (Lipinski definition) is 1. The molecule has 0 bridgehead atoms. The van der Waals surface area contributed by atoms with Gasteiger partial charge in [-0.1, -0.05) is 312 Å². The third kappa shape index (κ3) is 19.1. The number of aromatic nitrogens is 8. The molecule has 16 nitrogen and oxygen atoms in total. The number of H-pyrrole nitrogens is 1.